The van der Waals surface area contributed by atoms with E-state index >= 15 is 0 Å². The second kappa shape index (κ2) is 4.35. The summed E-state index contributed by atoms with van der Waals surface area (Å²) in [6.07, 6.45) is 0. The van der Waals surface area contributed by atoms with Crippen molar-refractivity contribution in [3.63, 3.8) is 0 Å². The number of hydrogen-bond donors (Lipinski definition) is 2. The molecule has 0 saturated carbocycles. The number of nitrogens with zero attached hydrogens (tertiary/aromatic N) is 2. The van der Waals surface area contributed by atoms with Crippen LogP contribution in [-0.4, -0.2) is 41.4 Å². The van der Waals surface area contributed by atoms with Gasteiger partial charge in [-0.05, 0) is 22.6 Å². The Morgan fingerprint density at radius 2 is 2.13 bits per heavy atom. The molecule has 1 aliphatic rings. The van der Waals surface area contributed by atoms with Gasteiger partial charge in [0.25, 0.3) is 5.56 Å². The summed E-state index contributed by atoms with van der Waals surface area (Å²) in [7, 11) is 0. The lowest BCUT2D eigenvalue weighted by molar-refractivity contribution is 0.122. The number of aromatic hydroxyl groups is 1. The van der Waals surface area contributed by atoms with Crippen molar-refractivity contribution in [2.75, 3.05) is 31.2 Å². The van der Waals surface area contributed by atoms with Crippen molar-refractivity contribution in [3.8, 4) is 5.88 Å². The topological polar surface area (TPSA) is 78.5 Å². The van der Waals surface area contributed by atoms with Crippen LogP contribution < -0.4 is 10.5 Å². The highest BCUT2D eigenvalue weighted by atomic mass is 127. The molecule has 7 heteroatoms. The highest BCUT2D eigenvalue weighted by Crippen LogP contribution is 2.15. The maximum absolute atomic E-state index is 11.4. The van der Waals surface area contributed by atoms with Crippen LogP contribution in [0.1, 0.15) is 0 Å². The second-order valence-electron chi connectivity index (χ2n) is 3.13. The summed E-state index contributed by atoms with van der Waals surface area (Å²) in [6.45, 7) is 2.55. The fourth-order valence-corrected chi connectivity index (χ4v) is 1.62. The zero-order valence-electron chi connectivity index (χ0n) is 7.86. The Labute approximate surface area is 99.4 Å². The Balaban J connectivity index is 2.32. The van der Waals surface area contributed by atoms with E-state index in [9.17, 15) is 9.90 Å². The van der Waals surface area contributed by atoms with E-state index in [1.165, 1.54) is 0 Å². The van der Waals surface area contributed by atoms with Crippen molar-refractivity contribution in [3.05, 3.63) is 13.9 Å². The minimum Gasteiger partial charge on any atom is -0.492 e. The molecule has 0 amide bonds. The molecule has 0 atom stereocenters. The smallest absolute Gasteiger partial charge is 0.269 e. The summed E-state index contributed by atoms with van der Waals surface area (Å²) < 4.78 is 5.39. The van der Waals surface area contributed by atoms with Gasteiger partial charge < -0.3 is 14.7 Å². The number of aromatic nitrogens is 2. The minimum absolute atomic E-state index is 0.213. The van der Waals surface area contributed by atoms with Crippen LogP contribution in [0.15, 0.2) is 4.79 Å². The predicted molar refractivity (Wildman–Crippen MR) is 62.3 cm³/mol. The molecule has 82 valence electrons. The average Bonchev–Trinajstić information content (AvgIpc) is 2.26. The maximum atomic E-state index is 11.4. The SMILES string of the molecule is O=c1[nH]c(N2CCOCC2)nc(O)c1I. The molecule has 15 heavy (non-hydrogen) atoms. The zero-order valence-corrected chi connectivity index (χ0v) is 10.0. The van der Waals surface area contributed by atoms with E-state index in [4.69, 9.17) is 4.74 Å². The first-order valence-corrected chi connectivity index (χ1v) is 5.58. The van der Waals surface area contributed by atoms with E-state index in [1.54, 1.807) is 22.6 Å². The lowest BCUT2D eigenvalue weighted by atomic mass is 10.4. The number of halogens is 1. The lowest BCUT2D eigenvalue weighted by Gasteiger charge is -2.27. The minimum atomic E-state index is -0.315. The number of morpholine rings is 1. The summed E-state index contributed by atoms with van der Waals surface area (Å²) >= 11 is 1.76. The summed E-state index contributed by atoms with van der Waals surface area (Å²) in [6, 6.07) is 0. The average molecular weight is 323 g/mol. The van der Waals surface area contributed by atoms with Crippen LogP contribution in [0.3, 0.4) is 0 Å². The van der Waals surface area contributed by atoms with Gasteiger partial charge in [0.1, 0.15) is 3.57 Å². The molecule has 0 bridgehead atoms. The van der Waals surface area contributed by atoms with Crippen molar-refractivity contribution in [1.82, 2.24) is 9.97 Å². The largest absolute Gasteiger partial charge is 0.492 e. The number of ether oxygens (including phenoxy) is 1. The highest BCUT2D eigenvalue weighted by Gasteiger charge is 2.15. The molecule has 0 aliphatic carbocycles. The molecular formula is C8H10IN3O3. The van der Waals surface area contributed by atoms with Gasteiger partial charge >= 0.3 is 0 Å². The molecule has 1 aliphatic heterocycles. The van der Waals surface area contributed by atoms with Gasteiger partial charge in [-0.15, -0.1) is 0 Å². The van der Waals surface area contributed by atoms with Crippen molar-refractivity contribution in [2.45, 2.75) is 0 Å². The molecule has 0 unspecified atom stereocenters. The molecule has 2 rings (SSSR count). The van der Waals surface area contributed by atoms with Crippen LogP contribution >= 0.6 is 22.6 Å². The number of rotatable bonds is 1. The number of hydrogen-bond acceptors (Lipinski definition) is 5. The van der Waals surface area contributed by atoms with E-state index in [-0.39, 0.29) is 15.0 Å². The molecule has 2 N–H and O–H groups in total. The fraction of sp³-hybridized carbons (Fsp3) is 0.500. The molecule has 0 aromatic carbocycles. The standard InChI is InChI=1S/C8H10IN3O3/c9-5-6(13)10-8(11-7(5)14)12-1-3-15-4-2-12/h1-4H2,(H2,10,11,13,14). The number of aromatic amines is 1. The summed E-state index contributed by atoms with van der Waals surface area (Å²) in [5, 5.41) is 9.42. The molecule has 1 aromatic rings. The molecular weight excluding hydrogens is 313 g/mol. The maximum Gasteiger partial charge on any atom is 0.269 e. The van der Waals surface area contributed by atoms with Crippen LogP contribution in [0.2, 0.25) is 0 Å². The van der Waals surface area contributed by atoms with Gasteiger partial charge in [-0.25, -0.2) is 0 Å². The molecule has 1 aromatic heterocycles. The van der Waals surface area contributed by atoms with Crippen LogP contribution in [-0.2, 0) is 4.74 Å². The third kappa shape index (κ3) is 2.23. The summed E-state index contributed by atoms with van der Waals surface area (Å²) in [4.78, 5) is 19.8. The van der Waals surface area contributed by atoms with Crippen LogP contribution in [0.25, 0.3) is 0 Å². The Bertz CT molecular complexity index is 414. The molecule has 6 nitrogen and oxygen atoms in total. The van der Waals surface area contributed by atoms with Gasteiger partial charge in [0.2, 0.25) is 11.8 Å². The number of nitrogens with one attached hydrogen (secondary N) is 1. The fourth-order valence-electron chi connectivity index (χ4n) is 1.36. The van der Waals surface area contributed by atoms with E-state index in [0.717, 1.165) is 0 Å². The third-order valence-corrected chi connectivity index (χ3v) is 3.12. The first-order valence-electron chi connectivity index (χ1n) is 4.50. The predicted octanol–water partition coefficient (Wildman–Crippen LogP) is -0.0833. The second-order valence-corrected chi connectivity index (χ2v) is 4.21. The quantitative estimate of drug-likeness (QED) is 0.707. The molecule has 0 spiro atoms. The first-order chi connectivity index (χ1) is 7.18. The van der Waals surface area contributed by atoms with Crippen molar-refractivity contribution >= 4 is 28.5 Å². The van der Waals surface area contributed by atoms with E-state index in [1.807, 2.05) is 4.90 Å². The Kier molecular flexibility index (Phi) is 3.10. The molecule has 1 saturated heterocycles. The van der Waals surface area contributed by atoms with Crippen LogP contribution in [0, 0.1) is 3.57 Å². The first kappa shape index (κ1) is 10.7. The summed E-state index contributed by atoms with van der Waals surface area (Å²) in [5.74, 6) is 0.182. The summed E-state index contributed by atoms with van der Waals surface area (Å²) in [5.41, 5.74) is -0.315. The van der Waals surface area contributed by atoms with Gasteiger partial charge in [-0.2, -0.15) is 4.98 Å². The Morgan fingerprint density at radius 1 is 1.47 bits per heavy atom. The van der Waals surface area contributed by atoms with E-state index < -0.39 is 0 Å². The molecule has 0 radical (unpaired) electrons. The van der Waals surface area contributed by atoms with Crippen LogP contribution in [0.5, 0.6) is 5.88 Å². The van der Waals surface area contributed by atoms with Crippen molar-refractivity contribution in [2.24, 2.45) is 0 Å². The van der Waals surface area contributed by atoms with Gasteiger partial charge in [0.15, 0.2) is 0 Å². The normalized spacial score (nSPS) is 16.7. The zero-order chi connectivity index (χ0) is 10.8. The van der Waals surface area contributed by atoms with E-state index in [0.29, 0.717) is 32.3 Å². The third-order valence-electron chi connectivity index (χ3n) is 2.14. The van der Waals surface area contributed by atoms with Gasteiger partial charge in [0, 0.05) is 13.1 Å². The van der Waals surface area contributed by atoms with Gasteiger partial charge in [0.05, 0.1) is 13.2 Å². The number of H-pyrrole nitrogens is 1. The highest BCUT2D eigenvalue weighted by molar-refractivity contribution is 14.1. The Morgan fingerprint density at radius 3 is 2.73 bits per heavy atom. The molecule has 1 fully saturated rings. The molecule has 2 heterocycles. The number of anilines is 1. The Hall–Kier alpha value is -0.830. The van der Waals surface area contributed by atoms with Crippen LogP contribution in [0.4, 0.5) is 5.95 Å². The van der Waals surface area contributed by atoms with Crippen molar-refractivity contribution < 1.29 is 9.84 Å². The monoisotopic (exact) mass is 323 g/mol. The van der Waals surface area contributed by atoms with Gasteiger partial charge in [-0.3, -0.25) is 9.78 Å². The lowest BCUT2D eigenvalue weighted by Crippen LogP contribution is -2.38. The van der Waals surface area contributed by atoms with Crippen molar-refractivity contribution in [1.29, 1.82) is 0 Å². The van der Waals surface area contributed by atoms with Gasteiger partial charge in [-0.1, -0.05) is 0 Å². The van der Waals surface area contributed by atoms with E-state index in [2.05, 4.69) is 9.97 Å².